The first kappa shape index (κ1) is 32.3. The molecule has 1 fully saturated rings. The molecule has 2 unspecified atom stereocenters. The maximum Gasteiger partial charge on any atom is 0.405 e. The van der Waals surface area contributed by atoms with Crippen molar-refractivity contribution >= 4 is 29.0 Å². The Balaban J connectivity index is 0.00000260. The molecule has 3 N–H and O–H groups in total. The number of aliphatic hydroxyl groups is 1. The van der Waals surface area contributed by atoms with E-state index in [0.717, 1.165) is 25.1 Å². The molecule has 2 aromatic rings. The predicted molar refractivity (Wildman–Crippen MR) is 139 cm³/mol. The Labute approximate surface area is 228 Å². The highest BCUT2D eigenvalue weighted by molar-refractivity contribution is 7.17. The van der Waals surface area contributed by atoms with Crippen LogP contribution in [0.3, 0.4) is 0 Å². The quantitative estimate of drug-likeness (QED) is 0.349. The van der Waals surface area contributed by atoms with Crippen LogP contribution in [-0.4, -0.2) is 68.7 Å². The molecule has 2 atom stereocenters. The molecule has 8 nitrogen and oxygen atoms in total. The Morgan fingerprint density at radius 2 is 1.90 bits per heavy atom. The monoisotopic (exact) mass is 579 g/mol. The van der Waals surface area contributed by atoms with E-state index in [2.05, 4.69) is 15.3 Å². The minimum absolute atomic E-state index is 0.0460. The average Bonchev–Trinajstić information content (AvgIpc) is 3.49. The first-order valence-corrected chi connectivity index (χ1v) is 13.3. The number of carbonyl (C=O) groups is 2. The highest BCUT2D eigenvalue weighted by atomic mass is 32.1. The second kappa shape index (κ2) is 13.0. The van der Waals surface area contributed by atoms with Gasteiger partial charge in [-0.25, -0.2) is 18.7 Å². The number of amides is 2. The van der Waals surface area contributed by atoms with Gasteiger partial charge in [-0.05, 0) is 46.6 Å². The number of halogens is 5. The van der Waals surface area contributed by atoms with E-state index in [-0.39, 0.29) is 27.2 Å². The molecule has 0 radical (unpaired) electrons. The van der Waals surface area contributed by atoms with E-state index >= 15 is 0 Å². The Kier molecular flexibility index (Phi) is 10.8. The van der Waals surface area contributed by atoms with Crippen molar-refractivity contribution < 1.29 is 36.6 Å². The number of nitrogens with zero attached hydrogens (tertiary/aromatic N) is 3. The summed E-state index contributed by atoms with van der Waals surface area (Å²) in [5, 5.41) is 14.5. The predicted octanol–water partition coefficient (Wildman–Crippen LogP) is 5.66. The Hall–Kier alpha value is -2.87. The Bertz CT molecular complexity index is 1150. The van der Waals surface area contributed by atoms with Gasteiger partial charge in [-0.3, -0.25) is 9.59 Å². The van der Waals surface area contributed by atoms with Crippen LogP contribution in [0.1, 0.15) is 86.7 Å². The van der Waals surface area contributed by atoms with Crippen LogP contribution in [0.25, 0.3) is 10.4 Å². The number of pyridine rings is 1. The maximum absolute atomic E-state index is 14.0. The fourth-order valence-electron chi connectivity index (χ4n) is 3.68. The van der Waals surface area contributed by atoms with Gasteiger partial charge in [-0.1, -0.05) is 13.8 Å². The van der Waals surface area contributed by atoms with Gasteiger partial charge in [0.25, 0.3) is 18.2 Å². The third kappa shape index (κ3) is 8.31. The van der Waals surface area contributed by atoms with Gasteiger partial charge in [0, 0.05) is 29.9 Å². The highest BCUT2D eigenvalue weighted by Gasteiger charge is 2.34. The number of hydrogen-bond donors (Lipinski definition) is 3. The van der Waals surface area contributed by atoms with Crippen LogP contribution in [0.4, 0.5) is 27.8 Å². The van der Waals surface area contributed by atoms with Crippen molar-refractivity contribution in [1.82, 2.24) is 20.2 Å². The summed E-state index contributed by atoms with van der Waals surface area (Å²) >= 11 is 0.691. The Morgan fingerprint density at radius 3 is 2.41 bits per heavy atom. The number of carbonyl (C=O) groups excluding carboxylic acids is 2. The number of aromatic nitrogens is 2. The SMILES string of the molecule is CC.CC1CCCN1C(=O)c1nc(C(=O)NC(C)C(C)(C)O)sc1-c1cnc(NCC(F)(F)F)cc1C(F)F. The van der Waals surface area contributed by atoms with Crippen molar-refractivity contribution in [3.8, 4) is 10.4 Å². The molecule has 2 aromatic heterocycles. The fourth-order valence-corrected chi connectivity index (χ4v) is 4.67. The molecule has 39 heavy (non-hydrogen) atoms. The van der Waals surface area contributed by atoms with Crippen molar-refractivity contribution in [1.29, 1.82) is 0 Å². The van der Waals surface area contributed by atoms with Gasteiger partial charge in [-0.15, -0.1) is 11.3 Å². The lowest BCUT2D eigenvalue weighted by molar-refractivity contribution is -0.115. The molecule has 3 rings (SSSR count). The Morgan fingerprint density at radius 1 is 1.26 bits per heavy atom. The van der Waals surface area contributed by atoms with Gasteiger partial charge < -0.3 is 20.6 Å². The third-order valence-corrected chi connectivity index (χ3v) is 7.22. The summed E-state index contributed by atoms with van der Waals surface area (Å²) in [7, 11) is 0. The van der Waals surface area contributed by atoms with E-state index in [1.165, 1.54) is 18.7 Å². The molecule has 1 saturated heterocycles. The molecule has 0 aromatic carbocycles. The summed E-state index contributed by atoms with van der Waals surface area (Å²) < 4.78 is 65.8. The second-order valence-corrected chi connectivity index (χ2v) is 10.5. The van der Waals surface area contributed by atoms with Crippen molar-refractivity contribution in [2.45, 2.75) is 84.7 Å². The number of thiazole rings is 1. The van der Waals surface area contributed by atoms with Crippen LogP contribution >= 0.6 is 11.3 Å². The lowest BCUT2D eigenvalue weighted by atomic mass is 10.0. The zero-order valence-corrected chi connectivity index (χ0v) is 23.4. The summed E-state index contributed by atoms with van der Waals surface area (Å²) in [6, 6.07) is -0.0487. The topological polar surface area (TPSA) is 107 Å². The smallest absolute Gasteiger partial charge is 0.388 e. The lowest BCUT2D eigenvalue weighted by Crippen LogP contribution is -2.47. The fraction of sp³-hybridized carbons (Fsp3) is 0.600. The molecule has 1 aliphatic heterocycles. The minimum atomic E-state index is -4.59. The van der Waals surface area contributed by atoms with E-state index in [0.29, 0.717) is 17.9 Å². The molecule has 0 bridgehead atoms. The zero-order chi connectivity index (χ0) is 29.7. The number of nitrogens with one attached hydrogen (secondary N) is 2. The molecule has 3 heterocycles. The number of likely N-dealkylation sites (tertiary alicyclic amines) is 1. The molecule has 1 aliphatic rings. The van der Waals surface area contributed by atoms with Gasteiger partial charge >= 0.3 is 6.18 Å². The number of anilines is 1. The second-order valence-electron chi connectivity index (χ2n) is 9.46. The standard InChI is InChI=1S/C23H28F5N5O3S.C2H6/c1-11-6-5-7-33(11)21(35)16-17(37-20(32-16)19(34)31-12(2)22(3,4)36)14-9-29-15(8-13(14)18(24)25)30-10-23(26,27)28;1-2/h8-9,11-12,18,36H,5-7,10H2,1-4H3,(H,29,30)(H,31,34);1-2H3. The van der Waals surface area contributed by atoms with Gasteiger partial charge in [0.2, 0.25) is 0 Å². The molecule has 218 valence electrons. The first-order chi connectivity index (χ1) is 18.1. The summed E-state index contributed by atoms with van der Waals surface area (Å²) in [6.45, 7) is 9.34. The van der Waals surface area contributed by atoms with Crippen molar-refractivity contribution in [2.75, 3.05) is 18.4 Å². The normalized spacial score (nSPS) is 16.5. The molecule has 14 heteroatoms. The maximum atomic E-state index is 14.0. The minimum Gasteiger partial charge on any atom is -0.388 e. The van der Waals surface area contributed by atoms with E-state index in [9.17, 15) is 36.6 Å². The van der Waals surface area contributed by atoms with Gasteiger partial charge in [0.15, 0.2) is 5.01 Å². The lowest BCUT2D eigenvalue weighted by Gasteiger charge is -2.26. The summed E-state index contributed by atoms with van der Waals surface area (Å²) in [6.07, 6.45) is -5.28. The first-order valence-electron chi connectivity index (χ1n) is 12.5. The van der Waals surface area contributed by atoms with Gasteiger partial charge in [0.1, 0.15) is 18.1 Å². The van der Waals surface area contributed by atoms with Crippen LogP contribution in [0.2, 0.25) is 0 Å². The summed E-state index contributed by atoms with van der Waals surface area (Å²) in [5.41, 5.74) is -2.37. The summed E-state index contributed by atoms with van der Waals surface area (Å²) in [5.74, 6) is -1.69. The van der Waals surface area contributed by atoms with Crippen molar-refractivity contribution in [2.24, 2.45) is 0 Å². The van der Waals surface area contributed by atoms with E-state index in [1.54, 1.807) is 6.92 Å². The molecule has 0 aliphatic carbocycles. The number of alkyl halides is 5. The molecule has 2 amide bonds. The van der Waals surface area contributed by atoms with Gasteiger partial charge in [0.05, 0.1) is 16.5 Å². The van der Waals surface area contributed by atoms with Crippen LogP contribution in [-0.2, 0) is 0 Å². The molecular formula is C25H34F5N5O3S. The number of rotatable bonds is 8. The van der Waals surface area contributed by atoms with E-state index < -0.39 is 54.0 Å². The van der Waals surface area contributed by atoms with E-state index in [4.69, 9.17) is 0 Å². The van der Waals surface area contributed by atoms with Gasteiger partial charge in [-0.2, -0.15) is 13.2 Å². The van der Waals surface area contributed by atoms with E-state index in [1.807, 2.05) is 26.1 Å². The van der Waals surface area contributed by atoms with Crippen LogP contribution in [0.15, 0.2) is 12.3 Å². The molecule has 0 spiro atoms. The van der Waals surface area contributed by atoms with Crippen LogP contribution < -0.4 is 10.6 Å². The van der Waals surface area contributed by atoms with Crippen molar-refractivity contribution in [3.63, 3.8) is 0 Å². The van der Waals surface area contributed by atoms with Crippen molar-refractivity contribution in [3.05, 3.63) is 28.5 Å². The van der Waals surface area contributed by atoms with Crippen LogP contribution in [0.5, 0.6) is 0 Å². The molecule has 0 saturated carbocycles. The highest BCUT2D eigenvalue weighted by Crippen LogP contribution is 2.39. The van der Waals surface area contributed by atoms with Crippen LogP contribution in [0, 0.1) is 0 Å². The molecular weight excluding hydrogens is 545 g/mol. The third-order valence-electron chi connectivity index (χ3n) is 6.13. The number of hydrogen-bond acceptors (Lipinski definition) is 7. The largest absolute Gasteiger partial charge is 0.405 e. The summed E-state index contributed by atoms with van der Waals surface area (Å²) in [4.78, 5) is 35.8. The zero-order valence-electron chi connectivity index (χ0n) is 22.6. The average molecular weight is 580 g/mol.